The molecular formula is C16H25N3O. The zero-order valence-electron chi connectivity index (χ0n) is 12.7. The summed E-state index contributed by atoms with van der Waals surface area (Å²) >= 11 is 0. The Morgan fingerprint density at radius 3 is 3.05 bits per heavy atom. The first-order chi connectivity index (χ1) is 9.63. The van der Waals surface area contributed by atoms with Crippen molar-refractivity contribution in [3.63, 3.8) is 0 Å². The lowest BCUT2D eigenvalue weighted by Crippen LogP contribution is -2.39. The number of hydrogen-bond donors (Lipinski definition) is 0. The number of aromatic nitrogens is 2. The number of likely N-dealkylation sites (tertiary alicyclic amines) is 1. The summed E-state index contributed by atoms with van der Waals surface area (Å²) in [6.45, 7) is 7.98. The zero-order chi connectivity index (χ0) is 14.5. The van der Waals surface area contributed by atoms with Crippen LogP contribution < -0.4 is 0 Å². The quantitative estimate of drug-likeness (QED) is 0.792. The minimum Gasteiger partial charge on any atom is -0.342 e. The number of amides is 1. The molecule has 0 radical (unpaired) electrons. The van der Waals surface area contributed by atoms with Crippen LogP contribution in [0.4, 0.5) is 0 Å². The second-order valence-corrected chi connectivity index (χ2v) is 5.74. The van der Waals surface area contributed by atoms with E-state index in [4.69, 9.17) is 0 Å². The summed E-state index contributed by atoms with van der Waals surface area (Å²) in [5.41, 5.74) is 0. The van der Waals surface area contributed by atoms with E-state index in [9.17, 15) is 4.79 Å². The minimum absolute atomic E-state index is 0.232. The normalized spacial score (nSPS) is 20.0. The van der Waals surface area contributed by atoms with E-state index in [1.165, 1.54) is 0 Å². The highest BCUT2D eigenvalue weighted by atomic mass is 16.2. The molecular weight excluding hydrogens is 250 g/mol. The Hall–Kier alpha value is -1.58. The molecule has 1 aliphatic rings. The van der Waals surface area contributed by atoms with E-state index in [1.54, 1.807) is 0 Å². The summed E-state index contributed by atoms with van der Waals surface area (Å²) in [5, 5.41) is 0. The number of allylic oxidation sites excluding steroid dienone is 1. The van der Waals surface area contributed by atoms with Gasteiger partial charge < -0.3 is 9.47 Å². The molecule has 1 unspecified atom stereocenters. The van der Waals surface area contributed by atoms with E-state index < -0.39 is 0 Å². The monoisotopic (exact) mass is 275 g/mol. The lowest BCUT2D eigenvalue weighted by molar-refractivity contribution is -0.131. The van der Waals surface area contributed by atoms with Gasteiger partial charge in [-0.1, -0.05) is 12.2 Å². The van der Waals surface area contributed by atoms with Crippen LogP contribution in [0.1, 0.15) is 57.8 Å². The Morgan fingerprint density at radius 1 is 1.55 bits per heavy atom. The highest BCUT2D eigenvalue weighted by Gasteiger charge is 2.27. The van der Waals surface area contributed by atoms with Crippen molar-refractivity contribution in [2.45, 2.75) is 52.0 Å². The van der Waals surface area contributed by atoms with Crippen LogP contribution in [0.5, 0.6) is 0 Å². The van der Waals surface area contributed by atoms with Crippen LogP contribution in [0, 0.1) is 0 Å². The fraction of sp³-hybridized carbons (Fsp3) is 0.625. The molecule has 0 spiro atoms. The molecule has 0 aromatic carbocycles. The van der Waals surface area contributed by atoms with Crippen LogP contribution in [0.25, 0.3) is 0 Å². The third kappa shape index (κ3) is 3.30. The maximum atomic E-state index is 12.1. The van der Waals surface area contributed by atoms with Gasteiger partial charge in [-0.3, -0.25) is 4.79 Å². The van der Waals surface area contributed by atoms with Gasteiger partial charge in [-0.25, -0.2) is 4.98 Å². The van der Waals surface area contributed by atoms with Crippen molar-refractivity contribution in [2.75, 3.05) is 13.1 Å². The van der Waals surface area contributed by atoms with Crippen molar-refractivity contribution >= 4 is 5.91 Å². The molecule has 1 aromatic rings. The van der Waals surface area contributed by atoms with Crippen molar-refractivity contribution in [3.05, 3.63) is 30.4 Å². The second-order valence-electron chi connectivity index (χ2n) is 5.74. The van der Waals surface area contributed by atoms with Crippen molar-refractivity contribution in [1.82, 2.24) is 14.5 Å². The van der Waals surface area contributed by atoms with Crippen LogP contribution in [-0.2, 0) is 4.79 Å². The second kappa shape index (κ2) is 6.73. The lowest BCUT2D eigenvalue weighted by Gasteiger charge is -2.33. The molecule has 0 saturated carbocycles. The molecule has 20 heavy (non-hydrogen) atoms. The standard InChI is InChI=1S/C16H25N3O/c1-4-5-8-15(20)18-10-6-7-14(12-18)16-17-9-11-19(16)13(2)3/h4-5,9,11,13-14H,6-8,10,12H2,1-3H3. The highest BCUT2D eigenvalue weighted by Crippen LogP contribution is 2.27. The van der Waals surface area contributed by atoms with E-state index in [0.717, 1.165) is 31.8 Å². The highest BCUT2D eigenvalue weighted by molar-refractivity contribution is 5.77. The van der Waals surface area contributed by atoms with Gasteiger partial charge in [0.15, 0.2) is 0 Å². The van der Waals surface area contributed by atoms with Gasteiger partial charge in [-0.2, -0.15) is 0 Å². The topological polar surface area (TPSA) is 38.1 Å². The van der Waals surface area contributed by atoms with E-state index in [0.29, 0.717) is 18.4 Å². The fourth-order valence-electron chi connectivity index (χ4n) is 2.84. The van der Waals surface area contributed by atoms with Crippen LogP contribution in [0.15, 0.2) is 24.5 Å². The lowest BCUT2D eigenvalue weighted by atomic mass is 9.96. The van der Waals surface area contributed by atoms with E-state index in [-0.39, 0.29) is 5.91 Å². The Balaban J connectivity index is 2.06. The zero-order valence-corrected chi connectivity index (χ0v) is 12.7. The van der Waals surface area contributed by atoms with Crippen molar-refractivity contribution < 1.29 is 4.79 Å². The molecule has 0 aliphatic carbocycles. The molecule has 1 atom stereocenters. The van der Waals surface area contributed by atoms with E-state index >= 15 is 0 Å². The molecule has 110 valence electrons. The molecule has 0 bridgehead atoms. The largest absolute Gasteiger partial charge is 0.342 e. The number of carbonyl (C=O) groups excluding carboxylic acids is 1. The molecule has 1 fully saturated rings. The fourth-order valence-corrected chi connectivity index (χ4v) is 2.84. The van der Waals surface area contributed by atoms with Crippen LogP contribution in [-0.4, -0.2) is 33.4 Å². The number of nitrogens with zero attached hydrogens (tertiary/aromatic N) is 3. The minimum atomic E-state index is 0.232. The van der Waals surface area contributed by atoms with E-state index in [2.05, 4.69) is 23.4 Å². The maximum absolute atomic E-state index is 12.1. The first-order valence-electron chi connectivity index (χ1n) is 7.55. The predicted octanol–water partition coefficient (Wildman–Crippen LogP) is 3.14. The summed E-state index contributed by atoms with van der Waals surface area (Å²) in [6, 6.07) is 0.418. The Bertz CT molecular complexity index is 476. The smallest absolute Gasteiger partial charge is 0.226 e. The van der Waals surface area contributed by atoms with Gasteiger partial charge >= 0.3 is 0 Å². The molecule has 2 heterocycles. The average Bonchev–Trinajstić information content (AvgIpc) is 2.94. The van der Waals surface area contributed by atoms with Crippen molar-refractivity contribution in [2.24, 2.45) is 0 Å². The molecule has 1 aromatic heterocycles. The molecule has 1 amide bonds. The van der Waals surface area contributed by atoms with Gasteiger partial charge in [0.1, 0.15) is 5.82 Å². The summed E-state index contributed by atoms with van der Waals surface area (Å²) in [7, 11) is 0. The first-order valence-corrected chi connectivity index (χ1v) is 7.55. The van der Waals surface area contributed by atoms with Crippen LogP contribution in [0.3, 0.4) is 0 Å². The van der Waals surface area contributed by atoms with Gasteiger partial charge in [0.05, 0.1) is 0 Å². The maximum Gasteiger partial charge on any atom is 0.226 e. The average molecular weight is 275 g/mol. The summed E-state index contributed by atoms with van der Waals surface area (Å²) < 4.78 is 2.23. The molecule has 4 nitrogen and oxygen atoms in total. The predicted molar refractivity (Wildman–Crippen MR) is 80.6 cm³/mol. The van der Waals surface area contributed by atoms with Crippen molar-refractivity contribution in [3.8, 4) is 0 Å². The number of rotatable bonds is 4. The van der Waals surface area contributed by atoms with Crippen molar-refractivity contribution in [1.29, 1.82) is 0 Å². The number of imidazole rings is 1. The van der Waals surface area contributed by atoms with Gasteiger partial charge in [0.25, 0.3) is 0 Å². The summed E-state index contributed by atoms with van der Waals surface area (Å²) in [5.74, 6) is 1.73. The Morgan fingerprint density at radius 2 is 2.35 bits per heavy atom. The third-order valence-corrected chi connectivity index (χ3v) is 3.92. The molecule has 1 saturated heterocycles. The molecule has 2 rings (SSSR count). The third-order valence-electron chi connectivity index (χ3n) is 3.92. The molecule has 1 aliphatic heterocycles. The van der Waals surface area contributed by atoms with Crippen LogP contribution >= 0.6 is 0 Å². The summed E-state index contributed by atoms with van der Waals surface area (Å²) in [6.07, 6.45) is 10.5. The number of hydrogen-bond acceptors (Lipinski definition) is 2. The number of carbonyl (C=O) groups is 1. The molecule has 4 heteroatoms. The van der Waals surface area contributed by atoms with Crippen LogP contribution in [0.2, 0.25) is 0 Å². The summed E-state index contributed by atoms with van der Waals surface area (Å²) in [4.78, 5) is 18.7. The van der Waals surface area contributed by atoms with Gasteiger partial charge in [-0.15, -0.1) is 0 Å². The van der Waals surface area contributed by atoms with Gasteiger partial charge in [0.2, 0.25) is 5.91 Å². The first kappa shape index (κ1) is 14.8. The number of piperidine rings is 1. The Kier molecular flexibility index (Phi) is 4.99. The Labute approximate surface area is 121 Å². The van der Waals surface area contributed by atoms with E-state index in [1.807, 2.05) is 36.4 Å². The SMILES string of the molecule is CC=CCC(=O)N1CCCC(c2nccn2C(C)C)C1. The van der Waals surface area contributed by atoms with Gasteiger partial charge in [-0.05, 0) is 33.6 Å². The van der Waals surface area contributed by atoms with Gasteiger partial charge in [0, 0.05) is 43.9 Å². The molecule has 0 N–H and O–H groups in total.